The van der Waals surface area contributed by atoms with Gasteiger partial charge in [-0.25, -0.2) is 4.79 Å². The minimum Gasteiger partial charge on any atom is -0.449 e. The Labute approximate surface area is 103 Å². The van der Waals surface area contributed by atoms with E-state index < -0.39 is 23.3 Å². The van der Waals surface area contributed by atoms with Crippen molar-refractivity contribution in [2.24, 2.45) is 0 Å². The lowest BCUT2D eigenvalue weighted by Crippen LogP contribution is -2.11. The van der Waals surface area contributed by atoms with E-state index in [2.05, 4.69) is 9.72 Å². The van der Waals surface area contributed by atoms with Crippen LogP contribution < -0.4 is 10.2 Å². The Balaban J connectivity index is 2.60. The molecule has 1 aromatic carbocycles. The molecule has 1 heterocycles. The number of carbonyl (C=O) groups is 1. The maximum atomic E-state index is 12.5. The number of ether oxygens (including phenoxy) is 1. The van der Waals surface area contributed by atoms with Gasteiger partial charge in [0.1, 0.15) is 0 Å². The molecule has 0 bridgehead atoms. The quantitative estimate of drug-likeness (QED) is 0.783. The Kier molecular flexibility index (Phi) is 2.93. The predicted octanol–water partition coefficient (Wildman–Crippen LogP) is 2.60. The Morgan fingerprint density at radius 2 is 1.95 bits per heavy atom. The van der Waals surface area contributed by atoms with Gasteiger partial charge < -0.3 is 14.8 Å². The summed E-state index contributed by atoms with van der Waals surface area (Å²) >= 11 is 0. The van der Waals surface area contributed by atoms with Crippen molar-refractivity contribution in [2.45, 2.75) is 6.18 Å². The molecule has 19 heavy (non-hydrogen) atoms. The van der Waals surface area contributed by atoms with E-state index >= 15 is 0 Å². The van der Waals surface area contributed by atoms with Gasteiger partial charge in [-0.05, 0) is 18.2 Å². The SMILES string of the molecule is O=C(O)Oc1cc(=O)c2cc(C(F)(F)F)ccc2[nH]1. The molecule has 2 N–H and O–H groups in total. The maximum Gasteiger partial charge on any atom is 0.512 e. The zero-order valence-electron chi connectivity index (χ0n) is 9.12. The average Bonchev–Trinajstić information content (AvgIpc) is 2.26. The Morgan fingerprint density at radius 3 is 2.53 bits per heavy atom. The summed E-state index contributed by atoms with van der Waals surface area (Å²) in [6, 6.07) is 3.28. The summed E-state index contributed by atoms with van der Waals surface area (Å²) in [5, 5.41) is 8.19. The summed E-state index contributed by atoms with van der Waals surface area (Å²) in [6.07, 6.45) is -6.20. The fourth-order valence-electron chi connectivity index (χ4n) is 1.55. The summed E-state index contributed by atoms with van der Waals surface area (Å²) in [4.78, 5) is 24.3. The zero-order chi connectivity index (χ0) is 14.2. The summed E-state index contributed by atoms with van der Waals surface area (Å²) in [5.74, 6) is -0.357. The number of halogens is 3. The van der Waals surface area contributed by atoms with Gasteiger partial charge in [-0.2, -0.15) is 13.2 Å². The number of rotatable bonds is 1. The first kappa shape index (κ1) is 12.9. The third kappa shape index (κ3) is 2.67. The van der Waals surface area contributed by atoms with Crippen molar-refractivity contribution in [1.29, 1.82) is 0 Å². The summed E-state index contributed by atoms with van der Waals surface area (Å²) in [5.41, 5.74) is -1.68. The van der Waals surface area contributed by atoms with Crippen molar-refractivity contribution in [3.8, 4) is 5.88 Å². The largest absolute Gasteiger partial charge is 0.512 e. The zero-order valence-corrected chi connectivity index (χ0v) is 9.12. The maximum absolute atomic E-state index is 12.5. The number of benzene rings is 1. The van der Waals surface area contributed by atoms with E-state index in [0.717, 1.165) is 18.2 Å². The van der Waals surface area contributed by atoms with Crippen LogP contribution >= 0.6 is 0 Å². The van der Waals surface area contributed by atoms with E-state index in [-0.39, 0.29) is 16.8 Å². The third-order valence-electron chi connectivity index (χ3n) is 2.33. The molecule has 0 fully saturated rings. The first-order chi connectivity index (χ1) is 8.77. The third-order valence-corrected chi connectivity index (χ3v) is 2.33. The molecule has 0 saturated heterocycles. The first-order valence-electron chi connectivity index (χ1n) is 4.92. The van der Waals surface area contributed by atoms with Crippen molar-refractivity contribution in [3.63, 3.8) is 0 Å². The second-order valence-corrected chi connectivity index (χ2v) is 3.62. The number of H-pyrrole nitrogens is 1. The number of pyridine rings is 1. The molecule has 0 amide bonds. The van der Waals surface area contributed by atoms with Crippen LogP contribution in [0.2, 0.25) is 0 Å². The predicted molar refractivity (Wildman–Crippen MR) is 58.2 cm³/mol. The normalized spacial score (nSPS) is 11.5. The van der Waals surface area contributed by atoms with Gasteiger partial charge in [0, 0.05) is 11.5 Å². The number of fused-ring (bicyclic) bond motifs is 1. The molecule has 0 spiro atoms. The van der Waals surface area contributed by atoms with Gasteiger partial charge in [0.15, 0.2) is 5.43 Å². The van der Waals surface area contributed by atoms with E-state index in [0.29, 0.717) is 6.07 Å². The monoisotopic (exact) mass is 273 g/mol. The Morgan fingerprint density at radius 1 is 1.26 bits per heavy atom. The molecule has 0 aliphatic carbocycles. The van der Waals surface area contributed by atoms with Crippen molar-refractivity contribution in [3.05, 3.63) is 40.1 Å². The fraction of sp³-hybridized carbons (Fsp3) is 0.0909. The first-order valence-corrected chi connectivity index (χ1v) is 4.92. The molecular weight excluding hydrogens is 267 g/mol. The van der Waals surface area contributed by atoms with Crippen LogP contribution in [0.15, 0.2) is 29.1 Å². The van der Waals surface area contributed by atoms with Gasteiger partial charge in [-0.3, -0.25) is 4.79 Å². The van der Waals surface area contributed by atoms with Crippen LogP contribution in [-0.2, 0) is 6.18 Å². The molecule has 5 nitrogen and oxygen atoms in total. The number of hydrogen-bond donors (Lipinski definition) is 2. The van der Waals surface area contributed by atoms with E-state index in [9.17, 15) is 22.8 Å². The lowest BCUT2D eigenvalue weighted by atomic mass is 10.1. The van der Waals surface area contributed by atoms with Gasteiger partial charge in [-0.15, -0.1) is 0 Å². The van der Waals surface area contributed by atoms with Crippen LogP contribution in [-0.4, -0.2) is 16.2 Å². The highest BCUT2D eigenvalue weighted by molar-refractivity contribution is 5.80. The molecular formula is C11H6F3NO4. The van der Waals surface area contributed by atoms with Crippen LogP contribution in [0.25, 0.3) is 10.9 Å². The summed E-state index contributed by atoms with van der Waals surface area (Å²) < 4.78 is 41.7. The molecule has 0 unspecified atom stereocenters. The van der Waals surface area contributed by atoms with Crippen LogP contribution in [0.4, 0.5) is 18.0 Å². The molecule has 0 radical (unpaired) electrons. The molecule has 8 heteroatoms. The van der Waals surface area contributed by atoms with Crippen molar-refractivity contribution < 1.29 is 27.8 Å². The van der Waals surface area contributed by atoms with Crippen LogP contribution in [0, 0.1) is 0 Å². The Hall–Kier alpha value is -2.51. The smallest absolute Gasteiger partial charge is 0.449 e. The van der Waals surface area contributed by atoms with Crippen LogP contribution in [0.1, 0.15) is 5.56 Å². The second kappa shape index (κ2) is 4.30. The Bertz CT molecular complexity index is 705. The lowest BCUT2D eigenvalue weighted by molar-refractivity contribution is -0.137. The molecule has 0 aliphatic heterocycles. The lowest BCUT2D eigenvalue weighted by Gasteiger charge is -2.08. The summed E-state index contributed by atoms with van der Waals surface area (Å²) in [6.45, 7) is 0. The molecule has 0 atom stereocenters. The minimum atomic E-state index is -4.56. The van der Waals surface area contributed by atoms with E-state index in [1.165, 1.54) is 0 Å². The van der Waals surface area contributed by atoms with Gasteiger partial charge >= 0.3 is 12.3 Å². The van der Waals surface area contributed by atoms with E-state index in [1.54, 1.807) is 0 Å². The molecule has 0 aliphatic rings. The van der Waals surface area contributed by atoms with Crippen molar-refractivity contribution in [2.75, 3.05) is 0 Å². The van der Waals surface area contributed by atoms with Crippen LogP contribution in [0.5, 0.6) is 5.88 Å². The van der Waals surface area contributed by atoms with Gasteiger partial charge in [-0.1, -0.05) is 0 Å². The standard InChI is InChI=1S/C11H6F3NO4/c12-11(13,14)5-1-2-7-6(3-5)8(16)4-9(15-7)19-10(17)18/h1-4H,(H,15,16)(H,17,18). The van der Waals surface area contributed by atoms with Crippen molar-refractivity contribution in [1.82, 2.24) is 4.98 Å². The highest BCUT2D eigenvalue weighted by Crippen LogP contribution is 2.30. The van der Waals surface area contributed by atoms with Gasteiger partial charge in [0.25, 0.3) is 0 Å². The van der Waals surface area contributed by atoms with Crippen LogP contribution in [0.3, 0.4) is 0 Å². The molecule has 1 aromatic heterocycles. The average molecular weight is 273 g/mol. The number of carboxylic acid groups (broad SMARTS) is 1. The fourth-order valence-corrected chi connectivity index (χ4v) is 1.55. The van der Waals surface area contributed by atoms with Gasteiger partial charge in [0.2, 0.25) is 5.88 Å². The number of aromatic amines is 1. The van der Waals surface area contributed by atoms with Gasteiger partial charge in [0.05, 0.1) is 11.1 Å². The van der Waals surface area contributed by atoms with E-state index in [4.69, 9.17) is 5.11 Å². The number of alkyl halides is 3. The minimum absolute atomic E-state index is 0.0525. The summed E-state index contributed by atoms with van der Waals surface area (Å²) in [7, 11) is 0. The molecule has 0 saturated carbocycles. The molecule has 2 rings (SSSR count). The molecule has 100 valence electrons. The topological polar surface area (TPSA) is 79.4 Å². The number of aromatic nitrogens is 1. The molecule has 2 aromatic rings. The highest BCUT2D eigenvalue weighted by Gasteiger charge is 2.30. The van der Waals surface area contributed by atoms with Crippen molar-refractivity contribution >= 4 is 17.1 Å². The highest BCUT2D eigenvalue weighted by atomic mass is 19.4. The van der Waals surface area contributed by atoms with E-state index in [1.807, 2.05) is 0 Å². The number of hydrogen-bond acceptors (Lipinski definition) is 3. The second-order valence-electron chi connectivity index (χ2n) is 3.62. The number of nitrogens with one attached hydrogen (secondary N) is 1.